The summed E-state index contributed by atoms with van der Waals surface area (Å²) >= 11 is 1.16. The van der Waals surface area contributed by atoms with Gasteiger partial charge in [-0.1, -0.05) is 0 Å². The summed E-state index contributed by atoms with van der Waals surface area (Å²) in [6, 6.07) is 7.44. The van der Waals surface area contributed by atoms with Gasteiger partial charge in [0, 0.05) is 50.0 Å². The van der Waals surface area contributed by atoms with Gasteiger partial charge in [0.2, 0.25) is 5.95 Å². The number of anilines is 2. The van der Waals surface area contributed by atoms with E-state index in [2.05, 4.69) is 28.9 Å². The minimum Gasteiger partial charge on any atom is -0.370 e. The summed E-state index contributed by atoms with van der Waals surface area (Å²) < 4.78 is 8.40. The minimum atomic E-state index is 0.0306. The van der Waals surface area contributed by atoms with Gasteiger partial charge in [0.1, 0.15) is 16.9 Å². The number of nitrogens with zero attached hydrogens (tertiary/aromatic N) is 6. The monoisotopic (exact) mass is 383 g/mol. The Labute approximate surface area is 161 Å². The van der Waals surface area contributed by atoms with E-state index >= 15 is 0 Å². The fraction of sp³-hybridized carbons (Fsp3) is 0.389. The van der Waals surface area contributed by atoms with Crippen LogP contribution in [0.1, 0.15) is 23.0 Å². The zero-order chi connectivity index (χ0) is 18.8. The molecule has 0 bridgehead atoms. The van der Waals surface area contributed by atoms with E-state index in [-0.39, 0.29) is 5.91 Å². The van der Waals surface area contributed by atoms with Gasteiger partial charge in [0.05, 0.1) is 11.7 Å². The molecule has 0 aliphatic carbocycles. The summed E-state index contributed by atoms with van der Waals surface area (Å²) in [4.78, 5) is 26.0. The van der Waals surface area contributed by atoms with E-state index in [1.165, 1.54) is 0 Å². The van der Waals surface area contributed by atoms with Crippen LogP contribution in [0.3, 0.4) is 0 Å². The molecule has 1 aromatic carbocycles. The number of benzene rings is 1. The Morgan fingerprint density at radius 2 is 1.89 bits per heavy atom. The summed E-state index contributed by atoms with van der Waals surface area (Å²) in [5, 5.41) is 3.24. The number of carbonyl (C=O) groups is 1. The maximum Gasteiger partial charge on any atom is 0.254 e. The molecule has 9 heteroatoms. The van der Waals surface area contributed by atoms with Gasteiger partial charge in [0.15, 0.2) is 0 Å². The van der Waals surface area contributed by atoms with Crippen LogP contribution in [0.5, 0.6) is 0 Å². The molecule has 0 radical (unpaired) electrons. The molecule has 2 aromatic heterocycles. The first-order valence-electron chi connectivity index (χ1n) is 9.00. The molecule has 1 aliphatic heterocycles. The van der Waals surface area contributed by atoms with Gasteiger partial charge in [0.25, 0.3) is 5.91 Å². The Morgan fingerprint density at radius 1 is 1.11 bits per heavy atom. The highest BCUT2D eigenvalue weighted by Gasteiger charge is 2.24. The number of carbonyl (C=O) groups excluding carboxylic acids is 1. The predicted molar refractivity (Wildman–Crippen MR) is 106 cm³/mol. The maximum atomic E-state index is 12.8. The summed E-state index contributed by atoms with van der Waals surface area (Å²) in [6.45, 7) is 7.52. The van der Waals surface area contributed by atoms with Crippen molar-refractivity contribution in [2.45, 2.75) is 13.8 Å². The third-order valence-corrected chi connectivity index (χ3v) is 5.11. The normalized spacial score (nSPS) is 14.6. The van der Waals surface area contributed by atoms with Gasteiger partial charge in [-0.25, -0.2) is 4.98 Å². The molecule has 0 unspecified atom stereocenters. The van der Waals surface area contributed by atoms with Gasteiger partial charge < -0.3 is 15.1 Å². The number of hydrogen-bond acceptors (Lipinski definition) is 8. The fourth-order valence-corrected chi connectivity index (χ4v) is 3.69. The molecule has 4 rings (SSSR count). The van der Waals surface area contributed by atoms with E-state index in [4.69, 9.17) is 0 Å². The largest absolute Gasteiger partial charge is 0.370 e. The predicted octanol–water partition coefficient (Wildman–Crippen LogP) is 2.18. The van der Waals surface area contributed by atoms with Crippen LogP contribution in [-0.2, 0) is 0 Å². The number of piperazine rings is 1. The second kappa shape index (κ2) is 7.43. The third-order valence-electron chi connectivity index (χ3n) is 4.55. The highest BCUT2D eigenvalue weighted by atomic mass is 32.1. The summed E-state index contributed by atoms with van der Waals surface area (Å²) in [5.74, 6) is 1.58. The van der Waals surface area contributed by atoms with Crippen molar-refractivity contribution in [2.75, 3.05) is 42.9 Å². The number of rotatable bonds is 4. The summed E-state index contributed by atoms with van der Waals surface area (Å²) in [5.41, 5.74) is 3.19. The molecule has 0 spiro atoms. The van der Waals surface area contributed by atoms with E-state index in [1.807, 2.05) is 43.0 Å². The molecule has 0 atom stereocenters. The summed E-state index contributed by atoms with van der Waals surface area (Å²) in [7, 11) is 0. The first-order valence-corrected chi connectivity index (χ1v) is 9.73. The number of nitrogens with one attached hydrogen (secondary N) is 1. The number of amides is 1. The Balaban J connectivity index is 1.44. The molecular weight excluding hydrogens is 362 g/mol. The summed E-state index contributed by atoms with van der Waals surface area (Å²) in [6.07, 6.45) is 0. The maximum absolute atomic E-state index is 12.8. The van der Waals surface area contributed by atoms with Crippen LogP contribution in [0.25, 0.3) is 11.0 Å². The molecule has 1 saturated heterocycles. The van der Waals surface area contributed by atoms with Crippen molar-refractivity contribution in [3.05, 3.63) is 35.5 Å². The number of aryl methyl sites for hydroxylation is 1. The van der Waals surface area contributed by atoms with E-state index < -0.39 is 0 Å². The van der Waals surface area contributed by atoms with Crippen LogP contribution in [0.2, 0.25) is 0 Å². The molecule has 1 fully saturated rings. The Morgan fingerprint density at radius 3 is 2.67 bits per heavy atom. The fourth-order valence-electron chi connectivity index (χ4n) is 3.17. The van der Waals surface area contributed by atoms with E-state index in [0.717, 1.165) is 40.8 Å². The van der Waals surface area contributed by atoms with Gasteiger partial charge >= 0.3 is 0 Å². The Kier molecular flexibility index (Phi) is 4.85. The molecule has 1 N–H and O–H groups in total. The van der Waals surface area contributed by atoms with Crippen molar-refractivity contribution in [3.63, 3.8) is 0 Å². The van der Waals surface area contributed by atoms with Gasteiger partial charge in [-0.2, -0.15) is 13.7 Å². The molecule has 1 aliphatic rings. The lowest BCUT2D eigenvalue weighted by Crippen LogP contribution is -2.49. The van der Waals surface area contributed by atoms with Crippen LogP contribution < -0.4 is 10.2 Å². The average Bonchev–Trinajstić information content (AvgIpc) is 3.15. The van der Waals surface area contributed by atoms with Crippen LogP contribution in [0, 0.1) is 6.92 Å². The van der Waals surface area contributed by atoms with Crippen LogP contribution in [0.15, 0.2) is 24.3 Å². The molecule has 8 nitrogen and oxygen atoms in total. The number of fused-ring (bicyclic) bond motifs is 1. The molecule has 27 heavy (non-hydrogen) atoms. The van der Waals surface area contributed by atoms with E-state index in [0.29, 0.717) is 37.7 Å². The number of hydrogen-bond donors (Lipinski definition) is 1. The van der Waals surface area contributed by atoms with Crippen LogP contribution in [0.4, 0.5) is 11.8 Å². The van der Waals surface area contributed by atoms with Crippen molar-refractivity contribution in [1.29, 1.82) is 0 Å². The SMILES string of the molecule is CCNc1cc(C)nc(N2CCN(C(=O)c3ccc4nsnc4c3)CC2)n1. The smallest absolute Gasteiger partial charge is 0.254 e. The van der Waals surface area contributed by atoms with Crippen molar-refractivity contribution >= 4 is 40.4 Å². The zero-order valence-electron chi connectivity index (χ0n) is 15.3. The average molecular weight is 383 g/mol. The molecule has 0 saturated carbocycles. The van der Waals surface area contributed by atoms with Crippen LogP contribution >= 0.6 is 11.7 Å². The van der Waals surface area contributed by atoms with Crippen molar-refractivity contribution in [2.24, 2.45) is 0 Å². The second-order valence-electron chi connectivity index (χ2n) is 6.47. The van der Waals surface area contributed by atoms with E-state index in [9.17, 15) is 4.79 Å². The lowest BCUT2D eigenvalue weighted by Gasteiger charge is -2.35. The first-order chi connectivity index (χ1) is 13.1. The molecule has 140 valence electrons. The third kappa shape index (κ3) is 3.68. The standard InChI is InChI=1S/C18H21N7OS/c1-3-19-16-10-12(2)20-18(21-16)25-8-6-24(7-9-25)17(26)13-4-5-14-15(11-13)23-27-22-14/h4-5,10-11H,3,6-9H2,1-2H3,(H,19,20,21). The van der Waals surface area contributed by atoms with Crippen molar-refractivity contribution in [1.82, 2.24) is 23.6 Å². The highest BCUT2D eigenvalue weighted by Crippen LogP contribution is 2.18. The molecular formula is C18H21N7OS. The Bertz CT molecular complexity index is 965. The highest BCUT2D eigenvalue weighted by molar-refractivity contribution is 7.00. The van der Waals surface area contributed by atoms with E-state index in [1.54, 1.807) is 0 Å². The van der Waals surface area contributed by atoms with Gasteiger partial charge in [-0.15, -0.1) is 0 Å². The lowest BCUT2D eigenvalue weighted by molar-refractivity contribution is 0.0746. The Hall–Kier alpha value is -2.81. The number of aromatic nitrogens is 4. The zero-order valence-corrected chi connectivity index (χ0v) is 16.2. The molecule has 3 heterocycles. The topological polar surface area (TPSA) is 87.1 Å². The lowest BCUT2D eigenvalue weighted by atomic mass is 10.1. The second-order valence-corrected chi connectivity index (χ2v) is 7.00. The minimum absolute atomic E-state index is 0.0306. The van der Waals surface area contributed by atoms with Gasteiger partial charge in [-0.05, 0) is 32.0 Å². The first kappa shape index (κ1) is 17.6. The van der Waals surface area contributed by atoms with Gasteiger partial charge in [-0.3, -0.25) is 4.79 Å². The van der Waals surface area contributed by atoms with Crippen molar-refractivity contribution in [3.8, 4) is 0 Å². The molecule has 1 amide bonds. The quantitative estimate of drug-likeness (QED) is 0.739. The van der Waals surface area contributed by atoms with Crippen molar-refractivity contribution < 1.29 is 4.79 Å². The molecule has 3 aromatic rings. The van der Waals surface area contributed by atoms with Crippen LogP contribution in [-0.4, -0.2) is 62.2 Å².